The summed E-state index contributed by atoms with van der Waals surface area (Å²) in [4.78, 5) is 7.86. The smallest absolute Gasteiger partial charge is 0.367 e. The predicted octanol–water partition coefficient (Wildman–Crippen LogP) is 3.79. The van der Waals surface area contributed by atoms with Crippen molar-refractivity contribution in [3.63, 3.8) is 0 Å². The van der Waals surface area contributed by atoms with Crippen molar-refractivity contribution in [3.05, 3.63) is 23.7 Å². The van der Waals surface area contributed by atoms with Crippen molar-refractivity contribution in [2.75, 3.05) is 10.6 Å². The van der Waals surface area contributed by atoms with Crippen molar-refractivity contribution in [2.45, 2.75) is 50.9 Å². The van der Waals surface area contributed by atoms with Gasteiger partial charge in [-0.25, -0.2) is 4.98 Å². The Morgan fingerprint density at radius 1 is 1.26 bits per heavy atom. The number of nitriles is 1. The fourth-order valence-corrected chi connectivity index (χ4v) is 3.11. The molecule has 4 rings (SSSR count). The Morgan fingerprint density at radius 2 is 2.00 bits per heavy atom. The molecule has 0 aliphatic heterocycles. The molecule has 0 atom stereocenters. The maximum atomic E-state index is 13.2. The topological polar surface area (TPSA) is 91.4 Å². The van der Waals surface area contributed by atoms with Crippen LogP contribution >= 0.6 is 0 Å². The first-order valence-electron chi connectivity index (χ1n) is 8.76. The molecule has 2 fully saturated rings. The molecule has 0 aromatic carbocycles. The van der Waals surface area contributed by atoms with E-state index in [1.807, 2.05) is 11.6 Å². The maximum Gasteiger partial charge on any atom is 0.421 e. The van der Waals surface area contributed by atoms with Crippen LogP contribution in [-0.4, -0.2) is 25.8 Å². The van der Waals surface area contributed by atoms with Gasteiger partial charge in [0.05, 0.1) is 35.6 Å². The lowest BCUT2D eigenvalue weighted by Gasteiger charge is -2.31. The molecule has 2 N–H and O–H groups in total. The van der Waals surface area contributed by atoms with Crippen LogP contribution in [0.4, 0.5) is 30.6 Å². The minimum Gasteiger partial charge on any atom is -0.367 e. The van der Waals surface area contributed by atoms with Crippen LogP contribution in [-0.2, 0) is 6.18 Å². The van der Waals surface area contributed by atoms with E-state index in [9.17, 15) is 13.2 Å². The molecule has 7 nitrogen and oxygen atoms in total. The maximum absolute atomic E-state index is 13.2. The van der Waals surface area contributed by atoms with Crippen LogP contribution in [0.3, 0.4) is 0 Å². The van der Waals surface area contributed by atoms with E-state index < -0.39 is 11.7 Å². The van der Waals surface area contributed by atoms with Gasteiger partial charge in [-0.2, -0.15) is 28.5 Å². The lowest BCUT2D eigenvalue weighted by atomic mass is 9.81. The van der Waals surface area contributed by atoms with Crippen LogP contribution in [0, 0.1) is 24.2 Å². The first-order valence-corrected chi connectivity index (χ1v) is 8.76. The molecule has 0 spiro atoms. The molecule has 2 aromatic rings. The number of nitrogens with one attached hydrogen (secondary N) is 2. The third kappa shape index (κ3) is 3.54. The second kappa shape index (κ2) is 6.40. The standard InChI is InChI=1S/C17H18F3N7/c1-9-14(8-23-27(9)12-4-10(5-12)6-21)25-16-22-7-13(17(18,19)20)15(26-16)24-11-2-3-11/h7-8,10-12H,2-5H2,1H3,(H2,22,24,25,26). The van der Waals surface area contributed by atoms with Gasteiger partial charge in [0.1, 0.15) is 11.4 Å². The molecule has 0 radical (unpaired) electrons. The first kappa shape index (κ1) is 17.6. The van der Waals surface area contributed by atoms with Gasteiger partial charge in [-0.05, 0) is 32.6 Å². The van der Waals surface area contributed by atoms with Crippen LogP contribution in [0.1, 0.15) is 43.0 Å². The number of alkyl halides is 3. The summed E-state index contributed by atoms with van der Waals surface area (Å²) >= 11 is 0. The summed E-state index contributed by atoms with van der Waals surface area (Å²) in [6.45, 7) is 1.86. The zero-order valence-corrected chi connectivity index (χ0v) is 14.6. The summed E-state index contributed by atoms with van der Waals surface area (Å²) in [6.07, 6.45) is 1.06. The highest BCUT2D eigenvalue weighted by atomic mass is 19.4. The molecule has 0 bridgehead atoms. The zero-order chi connectivity index (χ0) is 19.2. The Balaban J connectivity index is 1.54. The second-order valence-electron chi connectivity index (χ2n) is 7.04. The van der Waals surface area contributed by atoms with E-state index in [2.05, 4.69) is 31.8 Å². The summed E-state index contributed by atoms with van der Waals surface area (Å²) < 4.78 is 41.3. The van der Waals surface area contributed by atoms with E-state index in [1.54, 1.807) is 6.20 Å². The lowest BCUT2D eigenvalue weighted by Crippen LogP contribution is -2.27. The van der Waals surface area contributed by atoms with Crippen LogP contribution in [0.25, 0.3) is 0 Å². The van der Waals surface area contributed by atoms with Gasteiger partial charge in [0.15, 0.2) is 0 Å². The molecule has 2 heterocycles. The third-order valence-electron chi connectivity index (χ3n) is 4.95. The fourth-order valence-electron chi connectivity index (χ4n) is 3.11. The summed E-state index contributed by atoms with van der Waals surface area (Å²) in [5, 5.41) is 19.0. The quantitative estimate of drug-likeness (QED) is 0.824. The van der Waals surface area contributed by atoms with E-state index in [0.717, 1.165) is 37.6 Å². The largest absolute Gasteiger partial charge is 0.421 e. The van der Waals surface area contributed by atoms with Crippen molar-refractivity contribution < 1.29 is 13.2 Å². The van der Waals surface area contributed by atoms with E-state index in [4.69, 9.17) is 5.26 Å². The number of nitrogens with zero attached hydrogens (tertiary/aromatic N) is 5. The van der Waals surface area contributed by atoms with E-state index in [0.29, 0.717) is 5.69 Å². The number of hydrogen-bond acceptors (Lipinski definition) is 6. The van der Waals surface area contributed by atoms with Crippen LogP contribution in [0.15, 0.2) is 12.4 Å². The second-order valence-corrected chi connectivity index (χ2v) is 7.04. The van der Waals surface area contributed by atoms with Crippen molar-refractivity contribution in [2.24, 2.45) is 5.92 Å². The molecule has 2 saturated carbocycles. The van der Waals surface area contributed by atoms with Crippen molar-refractivity contribution in [1.82, 2.24) is 19.7 Å². The summed E-state index contributed by atoms with van der Waals surface area (Å²) in [5.41, 5.74) is 0.591. The van der Waals surface area contributed by atoms with Gasteiger partial charge >= 0.3 is 6.18 Å². The van der Waals surface area contributed by atoms with Crippen molar-refractivity contribution in [3.8, 4) is 6.07 Å². The SMILES string of the molecule is Cc1c(Nc2ncc(C(F)(F)F)c(NC3CC3)n2)cnn1C1CC(C#N)C1. The van der Waals surface area contributed by atoms with Crippen molar-refractivity contribution >= 4 is 17.5 Å². The number of hydrogen-bond donors (Lipinski definition) is 2. The van der Waals surface area contributed by atoms with E-state index >= 15 is 0 Å². The normalized spacial score (nSPS) is 22.0. The molecule has 142 valence electrons. The Morgan fingerprint density at radius 3 is 2.63 bits per heavy atom. The highest BCUT2D eigenvalue weighted by molar-refractivity contribution is 5.58. The fraction of sp³-hybridized carbons (Fsp3) is 0.529. The molecule has 0 amide bonds. The lowest BCUT2D eigenvalue weighted by molar-refractivity contribution is -0.137. The molecular weight excluding hydrogens is 359 g/mol. The van der Waals surface area contributed by atoms with Crippen molar-refractivity contribution in [1.29, 1.82) is 5.26 Å². The Labute approximate surface area is 153 Å². The molecule has 2 aliphatic rings. The van der Waals surface area contributed by atoms with Crippen LogP contribution in [0.2, 0.25) is 0 Å². The highest BCUT2D eigenvalue weighted by Gasteiger charge is 2.37. The van der Waals surface area contributed by atoms with Gasteiger partial charge in [0, 0.05) is 12.2 Å². The highest BCUT2D eigenvalue weighted by Crippen LogP contribution is 2.39. The number of rotatable bonds is 5. The van der Waals surface area contributed by atoms with Crippen LogP contribution in [0.5, 0.6) is 0 Å². The molecule has 2 aliphatic carbocycles. The van der Waals surface area contributed by atoms with Gasteiger partial charge in [0.2, 0.25) is 5.95 Å². The van der Waals surface area contributed by atoms with Crippen LogP contribution < -0.4 is 10.6 Å². The van der Waals surface area contributed by atoms with E-state index in [1.165, 1.54) is 0 Å². The minimum absolute atomic E-state index is 0.0324. The number of halogens is 3. The number of anilines is 3. The molecule has 10 heteroatoms. The molecule has 27 heavy (non-hydrogen) atoms. The molecular formula is C17H18F3N7. The van der Waals surface area contributed by atoms with Gasteiger partial charge in [-0.3, -0.25) is 4.68 Å². The first-order chi connectivity index (χ1) is 12.8. The molecule has 0 saturated heterocycles. The average Bonchev–Trinajstić information content (AvgIpc) is 3.31. The minimum atomic E-state index is -4.52. The Hall–Kier alpha value is -2.83. The number of aromatic nitrogens is 4. The monoisotopic (exact) mass is 377 g/mol. The predicted molar refractivity (Wildman–Crippen MR) is 91.3 cm³/mol. The van der Waals surface area contributed by atoms with Gasteiger partial charge in [-0.15, -0.1) is 0 Å². The third-order valence-corrected chi connectivity index (χ3v) is 4.95. The van der Waals surface area contributed by atoms with Gasteiger partial charge in [-0.1, -0.05) is 0 Å². The molecule has 0 unspecified atom stereocenters. The summed E-state index contributed by atoms with van der Waals surface area (Å²) in [7, 11) is 0. The molecule has 2 aromatic heterocycles. The Bertz CT molecular complexity index is 889. The average molecular weight is 377 g/mol. The zero-order valence-electron chi connectivity index (χ0n) is 14.6. The van der Waals surface area contributed by atoms with Gasteiger partial charge < -0.3 is 10.6 Å². The Kier molecular flexibility index (Phi) is 4.17. The van der Waals surface area contributed by atoms with E-state index in [-0.39, 0.29) is 29.8 Å². The summed E-state index contributed by atoms with van der Waals surface area (Å²) in [6, 6.07) is 2.44. The summed E-state index contributed by atoms with van der Waals surface area (Å²) in [5.74, 6) is -0.0648. The van der Waals surface area contributed by atoms with Gasteiger partial charge in [0.25, 0.3) is 0 Å².